The van der Waals surface area contributed by atoms with Crippen molar-refractivity contribution in [1.82, 2.24) is 5.32 Å². The zero-order valence-electron chi connectivity index (χ0n) is 48.9. The van der Waals surface area contributed by atoms with Crippen LogP contribution in [-0.4, -0.2) is 87.5 Å². The molecule has 7 unspecified atom stereocenters. The van der Waals surface area contributed by atoms with Gasteiger partial charge in [0, 0.05) is 6.42 Å². The van der Waals surface area contributed by atoms with E-state index in [-0.39, 0.29) is 12.5 Å². The summed E-state index contributed by atoms with van der Waals surface area (Å²) in [5, 5.41) is 54.6. The SMILES string of the molecule is CCCCCCCCCCCCCCCCCC/C=C/CC/C=C/C(O)C(COC1OC(CO)C(O)C(O)C1O)NC(=O)CCCCCCCCCCCCCCCCCCCCCCCCCCCCCCC. The molecule has 0 spiro atoms. The van der Waals surface area contributed by atoms with Crippen LogP contribution >= 0.6 is 0 Å². The van der Waals surface area contributed by atoms with Gasteiger partial charge in [-0.3, -0.25) is 4.79 Å². The summed E-state index contributed by atoms with van der Waals surface area (Å²) < 4.78 is 11.3. The van der Waals surface area contributed by atoms with E-state index < -0.39 is 49.5 Å². The molecule has 9 nitrogen and oxygen atoms in total. The zero-order chi connectivity index (χ0) is 53.6. The van der Waals surface area contributed by atoms with Crippen LogP contribution in [-0.2, 0) is 14.3 Å². The number of allylic oxidation sites excluding steroid dienone is 3. The van der Waals surface area contributed by atoms with Crippen LogP contribution < -0.4 is 5.32 Å². The Morgan fingerprint density at radius 3 is 1.14 bits per heavy atom. The van der Waals surface area contributed by atoms with Crippen molar-refractivity contribution in [3.63, 3.8) is 0 Å². The maximum atomic E-state index is 13.1. The second-order valence-corrected chi connectivity index (χ2v) is 22.9. The van der Waals surface area contributed by atoms with Crippen LogP contribution in [0.2, 0.25) is 0 Å². The van der Waals surface area contributed by atoms with Crippen LogP contribution in [0.15, 0.2) is 24.3 Å². The number of aliphatic hydroxyl groups excluding tert-OH is 5. The van der Waals surface area contributed by atoms with E-state index in [4.69, 9.17) is 9.47 Å². The lowest BCUT2D eigenvalue weighted by Gasteiger charge is -2.40. The first-order valence-corrected chi connectivity index (χ1v) is 32.6. The zero-order valence-corrected chi connectivity index (χ0v) is 48.9. The molecule has 0 aromatic heterocycles. The van der Waals surface area contributed by atoms with Gasteiger partial charge in [-0.1, -0.05) is 314 Å². The maximum Gasteiger partial charge on any atom is 0.220 e. The molecule has 1 rings (SSSR count). The fraction of sp³-hybridized carbons (Fsp3) is 0.923. The molecule has 0 aromatic carbocycles. The van der Waals surface area contributed by atoms with Gasteiger partial charge in [0.15, 0.2) is 6.29 Å². The molecule has 0 aromatic rings. The predicted octanol–water partition coefficient (Wildman–Crippen LogP) is 16.9. The number of rotatable bonds is 57. The summed E-state index contributed by atoms with van der Waals surface area (Å²) in [6.45, 7) is 3.82. The molecule has 1 aliphatic heterocycles. The molecular formula is C65H125NO8. The van der Waals surface area contributed by atoms with E-state index in [2.05, 4.69) is 31.3 Å². The fourth-order valence-electron chi connectivity index (χ4n) is 10.6. The molecule has 6 N–H and O–H groups in total. The molecule has 438 valence electrons. The Hall–Kier alpha value is -1.33. The van der Waals surface area contributed by atoms with Crippen molar-refractivity contribution in [1.29, 1.82) is 0 Å². The minimum Gasteiger partial charge on any atom is -0.394 e. The highest BCUT2D eigenvalue weighted by Crippen LogP contribution is 2.23. The van der Waals surface area contributed by atoms with Crippen LogP contribution in [0.3, 0.4) is 0 Å². The number of hydrogen-bond donors (Lipinski definition) is 6. The van der Waals surface area contributed by atoms with Gasteiger partial charge in [-0.25, -0.2) is 0 Å². The summed E-state index contributed by atoms with van der Waals surface area (Å²) >= 11 is 0. The first-order valence-electron chi connectivity index (χ1n) is 32.6. The lowest BCUT2D eigenvalue weighted by Crippen LogP contribution is -2.60. The minimum atomic E-state index is -1.57. The number of carbonyl (C=O) groups is 1. The maximum absolute atomic E-state index is 13.1. The number of unbranched alkanes of at least 4 members (excludes halogenated alkanes) is 45. The van der Waals surface area contributed by atoms with Crippen molar-refractivity contribution in [2.24, 2.45) is 0 Å². The molecule has 0 bridgehead atoms. The summed E-state index contributed by atoms with van der Waals surface area (Å²) in [5.74, 6) is -0.179. The van der Waals surface area contributed by atoms with E-state index in [1.54, 1.807) is 6.08 Å². The first kappa shape index (κ1) is 70.7. The van der Waals surface area contributed by atoms with Gasteiger partial charge in [0.25, 0.3) is 0 Å². The Labute approximate surface area is 458 Å². The number of nitrogens with one attached hydrogen (secondary N) is 1. The van der Waals surface area contributed by atoms with Crippen molar-refractivity contribution in [2.45, 2.75) is 371 Å². The molecule has 1 aliphatic rings. The molecule has 0 radical (unpaired) electrons. The van der Waals surface area contributed by atoms with Gasteiger partial charge >= 0.3 is 0 Å². The molecule has 74 heavy (non-hydrogen) atoms. The van der Waals surface area contributed by atoms with Gasteiger partial charge in [-0.05, 0) is 32.1 Å². The van der Waals surface area contributed by atoms with Gasteiger partial charge in [-0.2, -0.15) is 0 Å². The summed E-state index contributed by atoms with van der Waals surface area (Å²) in [6.07, 6.45) is 64.2. The monoisotopic (exact) mass is 1050 g/mol. The van der Waals surface area contributed by atoms with E-state index in [0.717, 1.165) is 38.5 Å². The Bertz CT molecular complexity index is 1210. The summed E-state index contributed by atoms with van der Waals surface area (Å²) in [6, 6.07) is -0.819. The Kier molecular flexibility index (Phi) is 52.5. The van der Waals surface area contributed by atoms with Gasteiger partial charge in [0.1, 0.15) is 24.4 Å². The van der Waals surface area contributed by atoms with Gasteiger partial charge < -0.3 is 40.3 Å². The summed E-state index contributed by atoms with van der Waals surface area (Å²) in [5.41, 5.74) is 0. The van der Waals surface area contributed by atoms with E-state index in [1.807, 2.05) is 6.08 Å². The molecule has 0 saturated carbocycles. The second-order valence-electron chi connectivity index (χ2n) is 22.9. The highest BCUT2D eigenvalue weighted by Gasteiger charge is 2.44. The highest BCUT2D eigenvalue weighted by atomic mass is 16.7. The second kappa shape index (κ2) is 55.0. The number of aliphatic hydroxyl groups is 5. The quantitative estimate of drug-likeness (QED) is 0.0261. The van der Waals surface area contributed by atoms with E-state index >= 15 is 0 Å². The number of amides is 1. The molecule has 0 aliphatic carbocycles. The molecule has 7 atom stereocenters. The molecule has 1 fully saturated rings. The molecule has 1 amide bonds. The Morgan fingerprint density at radius 2 is 0.770 bits per heavy atom. The lowest BCUT2D eigenvalue weighted by atomic mass is 9.99. The van der Waals surface area contributed by atoms with Crippen molar-refractivity contribution in [2.75, 3.05) is 13.2 Å². The van der Waals surface area contributed by atoms with Crippen LogP contribution in [0.4, 0.5) is 0 Å². The first-order chi connectivity index (χ1) is 36.3. The minimum absolute atomic E-state index is 0.179. The Morgan fingerprint density at radius 1 is 0.446 bits per heavy atom. The third kappa shape index (κ3) is 43.6. The largest absolute Gasteiger partial charge is 0.394 e. The van der Waals surface area contributed by atoms with Crippen LogP contribution in [0.5, 0.6) is 0 Å². The number of ether oxygens (including phenoxy) is 2. The lowest BCUT2D eigenvalue weighted by molar-refractivity contribution is -0.302. The highest BCUT2D eigenvalue weighted by molar-refractivity contribution is 5.76. The van der Waals surface area contributed by atoms with Gasteiger partial charge in [-0.15, -0.1) is 0 Å². The fourth-order valence-corrected chi connectivity index (χ4v) is 10.6. The molecule has 1 saturated heterocycles. The van der Waals surface area contributed by atoms with E-state index in [0.29, 0.717) is 6.42 Å². The number of hydrogen-bond acceptors (Lipinski definition) is 8. The van der Waals surface area contributed by atoms with Crippen LogP contribution in [0.25, 0.3) is 0 Å². The normalized spacial score (nSPS) is 19.0. The topological polar surface area (TPSA) is 149 Å². The third-order valence-corrected chi connectivity index (χ3v) is 15.8. The van der Waals surface area contributed by atoms with Gasteiger partial charge in [0.2, 0.25) is 5.91 Å². The van der Waals surface area contributed by atoms with Crippen molar-refractivity contribution >= 4 is 5.91 Å². The van der Waals surface area contributed by atoms with Crippen LogP contribution in [0.1, 0.15) is 328 Å². The van der Waals surface area contributed by atoms with E-state index in [1.165, 1.54) is 270 Å². The average molecular weight is 1050 g/mol. The van der Waals surface area contributed by atoms with Crippen molar-refractivity contribution in [3.8, 4) is 0 Å². The standard InChI is InChI=1S/C65H125NO8/c1-3-5-7-9-11-13-15-17-19-21-23-25-27-28-29-30-31-32-33-35-37-39-41-43-45-47-49-51-53-55-61(69)66-58(57-73-65-64(72)63(71)62(70)60(56-67)74-65)59(68)54-52-50-48-46-44-42-40-38-36-34-26-24-22-20-18-16-14-12-10-8-6-4-2/h44,46,52,54,58-60,62-65,67-68,70-72H,3-43,45,47-51,53,55-57H2,1-2H3,(H,66,69)/b46-44+,54-52+. The van der Waals surface area contributed by atoms with Gasteiger partial charge in [0.05, 0.1) is 25.4 Å². The van der Waals surface area contributed by atoms with Crippen molar-refractivity contribution < 1.29 is 39.8 Å². The van der Waals surface area contributed by atoms with Crippen LogP contribution in [0, 0.1) is 0 Å². The van der Waals surface area contributed by atoms with Crippen molar-refractivity contribution in [3.05, 3.63) is 24.3 Å². The Balaban J connectivity index is 2.16. The predicted molar refractivity (Wildman–Crippen MR) is 314 cm³/mol. The number of carbonyl (C=O) groups excluding carboxylic acids is 1. The smallest absolute Gasteiger partial charge is 0.220 e. The third-order valence-electron chi connectivity index (χ3n) is 15.8. The molecular weight excluding hydrogens is 923 g/mol. The molecule has 9 heteroatoms. The average Bonchev–Trinajstić information content (AvgIpc) is 3.40. The summed E-state index contributed by atoms with van der Waals surface area (Å²) in [7, 11) is 0. The summed E-state index contributed by atoms with van der Waals surface area (Å²) in [4.78, 5) is 13.1. The van der Waals surface area contributed by atoms with E-state index in [9.17, 15) is 30.3 Å². The molecule has 1 heterocycles.